The molecule has 2 aliphatic heterocycles. The van der Waals surface area contributed by atoms with Crippen LogP contribution in [-0.2, 0) is 17.9 Å². The first-order valence-electron chi connectivity index (χ1n) is 9.80. The molecule has 9 heteroatoms. The van der Waals surface area contributed by atoms with E-state index in [9.17, 15) is 14.9 Å². The van der Waals surface area contributed by atoms with Crippen LogP contribution in [0, 0.1) is 10.1 Å². The van der Waals surface area contributed by atoms with Gasteiger partial charge in [0.15, 0.2) is 6.79 Å². The fraction of sp³-hybridized carbons (Fsp3) is 0.381. The van der Waals surface area contributed by atoms with Gasteiger partial charge < -0.3 is 14.4 Å². The van der Waals surface area contributed by atoms with E-state index in [4.69, 9.17) is 21.1 Å². The van der Waals surface area contributed by atoms with Gasteiger partial charge in [0.05, 0.1) is 22.1 Å². The highest BCUT2D eigenvalue weighted by molar-refractivity contribution is 6.33. The maximum atomic E-state index is 12.9. The van der Waals surface area contributed by atoms with Crippen LogP contribution in [0.25, 0.3) is 0 Å². The molecule has 1 fully saturated rings. The summed E-state index contributed by atoms with van der Waals surface area (Å²) in [4.78, 5) is 27.8. The van der Waals surface area contributed by atoms with Crippen molar-refractivity contribution in [3.63, 3.8) is 0 Å². The Morgan fingerprint density at radius 2 is 2.00 bits per heavy atom. The predicted molar refractivity (Wildman–Crippen MR) is 111 cm³/mol. The Labute approximate surface area is 179 Å². The molecule has 0 saturated carbocycles. The van der Waals surface area contributed by atoms with Crippen molar-refractivity contribution >= 4 is 23.2 Å². The van der Waals surface area contributed by atoms with E-state index in [-0.39, 0.29) is 18.4 Å². The zero-order valence-corrected chi connectivity index (χ0v) is 17.1. The number of nitro groups is 1. The van der Waals surface area contributed by atoms with Crippen LogP contribution in [0.1, 0.15) is 27.9 Å². The summed E-state index contributed by atoms with van der Waals surface area (Å²) < 4.78 is 10.9. The van der Waals surface area contributed by atoms with E-state index in [1.165, 1.54) is 6.07 Å². The van der Waals surface area contributed by atoms with E-state index in [0.717, 1.165) is 18.5 Å². The minimum Gasteiger partial charge on any atom is -0.467 e. The van der Waals surface area contributed by atoms with Crippen LogP contribution in [0.5, 0.6) is 5.75 Å². The summed E-state index contributed by atoms with van der Waals surface area (Å²) in [7, 11) is 0. The number of rotatable bonds is 4. The molecule has 0 unspecified atom stereocenters. The molecule has 2 aromatic carbocycles. The van der Waals surface area contributed by atoms with Crippen LogP contribution in [0.4, 0.5) is 5.69 Å². The number of amides is 1. The van der Waals surface area contributed by atoms with Gasteiger partial charge >= 0.3 is 0 Å². The molecule has 2 heterocycles. The van der Waals surface area contributed by atoms with Crippen LogP contribution >= 0.6 is 11.6 Å². The molecule has 0 aromatic heterocycles. The fourth-order valence-corrected chi connectivity index (χ4v) is 4.10. The number of carbonyl (C=O) groups is 1. The Kier molecular flexibility index (Phi) is 6.17. The molecule has 0 bridgehead atoms. The number of hydrogen-bond acceptors (Lipinski definition) is 6. The third kappa shape index (κ3) is 4.40. The topological polar surface area (TPSA) is 85.2 Å². The summed E-state index contributed by atoms with van der Waals surface area (Å²) in [6, 6.07) is 10.1. The molecule has 0 spiro atoms. The lowest BCUT2D eigenvalue weighted by atomic mass is 10.1. The number of nitro benzene ring substituents is 1. The van der Waals surface area contributed by atoms with E-state index in [1.54, 1.807) is 30.3 Å². The van der Waals surface area contributed by atoms with Crippen molar-refractivity contribution in [1.29, 1.82) is 0 Å². The highest BCUT2D eigenvalue weighted by Gasteiger charge is 2.25. The first-order valence-corrected chi connectivity index (χ1v) is 10.2. The van der Waals surface area contributed by atoms with Crippen molar-refractivity contribution < 1.29 is 19.2 Å². The first kappa shape index (κ1) is 20.6. The monoisotopic (exact) mass is 431 g/mol. The van der Waals surface area contributed by atoms with Crippen molar-refractivity contribution in [2.75, 3.05) is 33.0 Å². The molecule has 4 rings (SSSR count). The molecule has 2 aliphatic rings. The van der Waals surface area contributed by atoms with Crippen LogP contribution in [-0.4, -0.2) is 53.6 Å². The second-order valence-corrected chi connectivity index (χ2v) is 7.77. The lowest BCUT2D eigenvalue weighted by Gasteiger charge is -2.25. The molecule has 1 amide bonds. The van der Waals surface area contributed by atoms with Gasteiger partial charge in [0, 0.05) is 56.0 Å². The zero-order valence-electron chi connectivity index (χ0n) is 16.4. The van der Waals surface area contributed by atoms with Crippen molar-refractivity contribution in [2.24, 2.45) is 0 Å². The van der Waals surface area contributed by atoms with Gasteiger partial charge in [0.1, 0.15) is 5.75 Å². The molecule has 158 valence electrons. The van der Waals surface area contributed by atoms with E-state index in [1.807, 2.05) is 4.90 Å². The van der Waals surface area contributed by atoms with Gasteiger partial charge in [-0.15, -0.1) is 0 Å². The molecule has 0 atom stereocenters. The normalized spacial score (nSPS) is 17.0. The first-order chi connectivity index (χ1) is 14.5. The number of non-ortho nitro benzene ring substituents is 1. The average molecular weight is 432 g/mol. The van der Waals surface area contributed by atoms with E-state index in [2.05, 4.69) is 4.90 Å². The van der Waals surface area contributed by atoms with Gasteiger partial charge in [-0.2, -0.15) is 0 Å². The lowest BCUT2D eigenvalue weighted by Crippen LogP contribution is -2.35. The van der Waals surface area contributed by atoms with Gasteiger partial charge in [0.25, 0.3) is 11.6 Å². The Bertz CT molecular complexity index is 968. The number of carbonyl (C=O) groups excluding carboxylic acids is 1. The summed E-state index contributed by atoms with van der Waals surface area (Å²) in [5, 5.41) is 11.8. The smallest absolute Gasteiger partial charge is 0.270 e. The standard InChI is InChI=1S/C21H22ClN3O5/c22-19-5-2-1-4-18(19)21(26)24-7-3-6-23(8-9-24)12-15-10-17(25(27)28)11-16-13-29-14-30-20(15)16/h1-2,4-5,10-11H,3,6-9,12-14H2. The molecule has 30 heavy (non-hydrogen) atoms. The molecule has 0 N–H and O–H groups in total. The fourth-order valence-electron chi connectivity index (χ4n) is 3.88. The minimum absolute atomic E-state index is 0.0307. The van der Waals surface area contributed by atoms with E-state index in [0.29, 0.717) is 54.7 Å². The molecule has 8 nitrogen and oxygen atoms in total. The number of halogens is 1. The van der Waals surface area contributed by atoms with Crippen molar-refractivity contribution in [1.82, 2.24) is 9.80 Å². The molecule has 0 radical (unpaired) electrons. The van der Waals surface area contributed by atoms with Crippen LogP contribution in [0.15, 0.2) is 36.4 Å². The van der Waals surface area contributed by atoms with Gasteiger partial charge in [0.2, 0.25) is 0 Å². The Hall–Kier alpha value is -2.68. The highest BCUT2D eigenvalue weighted by atomic mass is 35.5. The molecule has 2 aromatic rings. The third-order valence-corrected chi connectivity index (χ3v) is 5.69. The number of ether oxygens (including phenoxy) is 2. The number of benzene rings is 2. The molecule has 1 saturated heterocycles. The summed E-state index contributed by atoms with van der Waals surface area (Å²) in [6.07, 6.45) is 0.803. The Balaban J connectivity index is 1.48. The summed E-state index contributed by atoms with van der Waals surface area (Å²) in [5.41, 5.74) is 2.00. The quantitative estimate of drug-likeness (QED) is 0.544. The average Bonchev–Trinajstić information content (AvgIpc) is 2.99. The Morgan fingerprint density at radius 3 is 2.80 bits per heavy atom. The van der Waals surface area contributed by atoms with Crippen molar-refractivity contribution in [2.45, 2.75) is 19.6 Å². The summed E-state index contributed by atoms with van der Waals surface area (Å²) in [5.74, 6) is 0.593. The lowest BCUT2D eigenvalue weighted by molar-refractivity contribution is -0.385. The highest BCUT2D eigenvalue weighted by Crippen LogP contribution is 2.33. The van der Waals surface area contributed by atoms with Crippen LogP contribution < -0.4 is 4.74 Å². The molecular formula is C21H22ClN3O5. The maximum Gasteiger partial charge on any atom is 0.270 e. The molecular weight excluding hydrogens is 410 g/mol. The van der Waals surface area contributed by atoms with E-state index < -0.39 is 4.92 Å². The molecule has 0 aliphatic carbocycles. The van der Waals surface area contributed by atoms with Crippen molar-refractivity contribution in [3.8, 4) is 5.75 Å². The second-order valence-electron chi connectivity index (χ2n) is 7.36. The van der Waals surface area contributed by atoms with Gasteiger partial charge in [-0.1, -0.05) is 23.7 Å². The van der Waals surface area contributed by atoms with Gasteiger partial charge in [-0.3, -0.25) is 19.8 Å². The Morgan fingerprint density at radius 1 is 1.17 bits per heavy atom. The number of nitrogens with zero attached hydrogens (tertiary/aromatic N) is 3. The van der Waals surface area contributed by atoms with Gasteiger partial charge in [-0.05, 0) is 18.6 Å². The summed E-state index contributed by atoms with van der Waals surface area (Å²) >= 11 is 6.19. The van der Waals surface area contributed by atoms with Crippen molar-refractivity contribution in [3.05, 3.63) is 68.2 Å². The SMILES string of the molecule is O=C(c1ccccc1Cl)N1CCCN(Cc2cc([N+](=O)[O-])cc3c2OCOC3)CC1. The summed E-state index contributed by atoms with van der Waals surface area (Å²) in [6.45, 7) is 3.58. The third-order valence-electron chi connectivity index (χ3n) is 5.36. The van der Waals surface area contributed by atoms with Crippen LogP contribution in [0.2, 0.25) is 5.02 Å². The second kappa shape index (κ2) is 8.99. The number of fused-ring (bicyclic) bond motifs is 1. The minimum atomic E-state index is -0.398. The largest absolute Gasteiger partial charge is 0.467 e. The van der Waals surface area contributed by atoms with E-state index >= 15 is 0 Å². The van der Waals surface area contributed by atoms with Gasteiger partial charge in [-0.25, -0.2) is 0 Å². The number of hydrogen-bond donors (Lipinski definition) is 0. The zero-order chi connectivity index (χ0) is 21.1. The maximum absolute atomic E-state index is 12.9. The predicted octanol–water partition coefficient (Wildman–Crippen LogP) is 3.46. The van der Waals surface area contributed by atoms with Crippen LogP contribution in [0.3, 0.4) is 0 Å².